The molecule has 88 valence electrons. The molecule has 2 rings (SSSR count). The van der Waals surface area contributed by atoms with Crippen molar-refractivity contribution in [2.24, 2.45) is 0 Å². The molecule has 7 nitrogen and oxygen atoms in total. The van der Waals surface area contributed by atoms with E-state index in [1.54, 1.807) is 6.92 Å². The monoisotopic (exact) mass is 234 g/mol. The number of esters is 1. The molecule has 2 aromatic heterocycles. The van der Waals surface area contributed by atoms with E-state index in [2.05, 4.69) is 19.7 Å². The van der Waals surface area contributed by atoms with Crippen LogP contribution in [0.3, 0.4) is 0 Å². The molecule has 0 bridgehead atoms. The Hall–Kier alpha value is -2.44. The van der Waals surface area contributed by atoms with Crippen molar-refractivity contribution in [3.05, 3.63) is 27.7 Å². The van der Waals surface area contributed by atoms with Gasteiger partial charge >= 0.3 is 5.97 Å². The zero-order valence-electron chi connectivity index (χ0n) is 9.27. The van der Waals surface area contributed by atoms with Crippen molar-refractivity contribution >= 4 is 23.0 Å². The van der Waals surface area contributed by atoms with Crippen molar-refractivity contribution in [2.45, 2.75) is 6.92 Å². The maximum absolute atomic E-state index is 11.6. The summed E-state index contributed by atoms with van der Waals surface area (Å²) in [5, 5.41) is 0.312. The summed E-state index contributed by atoms with van der Waals surface area (Å²) in [4.78, 5) is 33.2. The van der Waals surface area contributed by atoms with Gasteiger partial charge < -0.3 is 10.5 Å². The van der Waals surface area contributed by atoms with Crippen LogP contribution in [0.4, 0.5) is 5.95 Å². The number of carbonyl (C=O) groups excluding carboxylic acids is 1. The highest BCUT2D eigenvalue weighted by atomic mass is 16.5. The normalized spacial score (nSPS) is 10.5. The van der Waals surface area contributed by atoms with E-state index in [4.69, 9.17) is 5.73 Å². The van der Waals surface area contributed by atoms with Gasteiger partial charge in [-0.1, -0.05) is 0 Å². The van der Waals surface area contributed by atoms with Crippen molar-refractivity contribution < 1.29 is 9.53 Å². The Kier molecular flexibility index (Phi) is 2.51. The van der Waals surface area contributed by atoms with E-state index in [0.29, 0.717) is 10.9 Å². The lowest BCUT2D eigenvalue weighted by atomic mass is 10.2. The number of aromatic nitrogens is 3. The first kappa shape index (κ1) is 11.1. The van der Waals surface area contributed by atoms with Gasteiger partial charge in [0.1, 0.15) is 0 Å². The molecule has 0 unspecified atom stereocenters. The Morgan fingerprint density at radius 3 is 2.82 bits per heavy atom. The molecule has 0 saturated heterocycles. The number of nitrogen functional groups attached to an aromatic ring is 1. The number of nitrogens with zero attached hydrogens (tertiary/aromatic N) is 2. The smallest absolute Gasteiger partial charge is 0.356 e. The number of pyridine rings is 1. The van der Waals surface area contributed by atoms with Gasteiger partial charge in [0, 0.05) is 0 Å². The number of aromatic amines is 1. The fourth-order valence-electron chi connectivity index (χ4n) is 1.55. The van der Waals surface area contributed by atoms with Crippen LogP contribution in [0.25, 0.3) is 11.0 Å². The summed E-state index contributed by atoms with van der Waals surface area (Å²) in [6, 6.07) is 1.47. The molecule has 0 aliphatic heterocycles. The summed E-state index contributed by atoms with van der Waals surface area (Å²) in [6.45, 7) is 1.68. The van der Waals surface area contributed by atoms with Crippen LogP contribution in [0.2, 0.25) is 0 Å². The summed E-state index contributed by atoms with van der Waals surface area (Å²) in [5.41, 5.74) is 5.84. The Balaban J connectivity index is 2.82. The topological polar surface area (TPSA) is 111 Å². The van der Waals surface area contributed by atoms with Crippen LogP contribution in [-0.4, -0.2) is 28.0 Å². The maximum atomic E-state index is 11.6. The predicted octanol–water partition coefficient (Wildman–Crippen LogP) is -0.00468. The lowest BCUT2D eigenvalue weighted by Gasteiger charge is -2.04. The van der Waals surface area contributed by atoms with E-state index < -0.39 is 5.97 Å². The number of nitrogens with one attached hydrogen (secondary N) is 1. The average Bonchev–Trinajstić information content (AvgIpc) is 2.26. The molecule has 0 radical (unpaired) electrons. The number of rotatable bonds is 1. The summed E-state index contributed by atoms with van der Waals surface area (Å²) >= 11 is 0. The summed E-state index contributed by atoms with van der Waals surface area (Å²) in [6.07, 6.45) is 0. The second kappa shape index (κ2) is 3.85. The SMILES string of the molecule is COC(=O)c1cc(C)c2c(=O)[nH]c(N)nc2n1. The third-order valence-corrected chi connectivity index (χ3v) is 2.29. The molecule has 2 aromatic rings. The summed E-state index contributed by atoms with van der Waals surface area (Å²) in [5.74, 6) is -0.632. The Morgan fingerprint density at radius 1 is 1.47 bits per heavy atom. The molecular weight excluding hydrogens is 224 g/mol. The van der Waals surface area contributed by atoms with Gasteiger partial charge in [-0.2, -0.15) is 4.98 Å². The van der Waals surface area contributed by atoms with Crippen molar-refractivity contribution in [3.63, 3.8) is 0 Å². The van der Waals surface area contributed by atoms with Gasteiger partial charge in [0.25, 0.3) is 5.56 Å². The molecule has 7 heteroatoms. The zero-order valence-corrected chi connectivity index (χ0v) is 9.27. The Bertz CT molecular complexity index is 662. The number of ether oxygens (including phenoxy) is 1. The molecule has 17 heavy (non-hydrogen) atoms. The molecule has 0 aliphatic rings. The summed E-state index contributed by atoms with van der Waals surface area (Å²) in [7, 11) is 1.25. The average molecular weight is 234 g/mol. The quantitative estimate of drug-likeness (QED) is 0.671. The number of hydrogen-bond donors (Lipinski definition) is 2. The lowest BCUT2D eigenvalue weighted by Crippen LogP contribution is -2.15. The van der Waals surface area contributed by atoms with Crippen molar-refractivity contribution in [2.75, 3.05) is 12.8 Å². The fraction of sp³-hybridized carbons (Fsp3) is 0.200. The van der Waals surface area contributed by atoms with E-state index in [0.717, 1.165) is 0 Å². The first-order valence-corrected chi connectivity index (χ1v) is 4.78. The minimum Gasteiger partial charge on any atom is -0.464 e. The highest BCUT2D eigenvalue weighted by Crippen LogP contribution is 2.13. The number of hydrogen-bond acceptors (Lipinski definition) is 6. The molecule has 2 heterocycles. The zero-order chi connectivity index (χ0) is 12.6. The van der Waals surface area contributed by atoms with E-state index in [9.17, 15) is 9.59 Å². The second-order valence-electron chi connectivity index (χ2n) is 3.47. The number of nitrogens with two attached hydrogens (primary N) is 1. The molecule has 0 saturated carbocycles. The van der Waals surface area contributed by atoms with Crippen LogP contribution >= 0.6 is 0 Å². The molecule has 0 aromatic carbocycles. The first-order chi connectivity index (χ1) is 8.02. The van der Waals surface area contributed by atoms with E-state index >= 15 is 0 Å². The van der Waals surface area contributed by atoms with Crippen LogP contribution in [0.1, 0.15) is 16.1 Å². The number of carbonyl (C=O) groups is 1. The Labute approximate surface area is 95.6 Å². The van der Waals surface area contributed by atoms with Gasteiger partial charge in [0.2, 0.25) is 5.95 Å². The molecule has 0 atom stereocenters. The molecule has 0 amide bonds. The van der Waals surface area contributed by atoms with Gasteiger partial charge in [-0.25, -0.2) is 9.78 Å². The van der Waals surface area contributed by atoms with E-state index in [1.165, 1.54) is 13.2 Å². The fourth-order valence-corrected chi connectivity index (χ4v) is 1.55. The maximum Gasteiger partial charge on any atom is 0.356 e. The lowest BCUT2D eigenvalue weighted by molar-refractivity contribution is 0.0594. The van der Waals surface area contributed by atoms with Gasteiger partial charge in [0.15, 0.2) is 11.3 Å². The number of fused-ring (bicyclic) bond motifs is 1. The first-order valence-electron chi connectivity index (χ1n) is 4.78. The highest BCUT2D eigenvalue weighted by Gasteiger charge is 2.13. The molecule has 3 N–H and O–H groups in total. The predicted molar refractivity (Wildman–Crippen MR) is 60.6 cm³/mol. The van der Waals surface area contributed by atoms with Crippen LogP contribution in [0.5, 0.6) is 0 Å². The summed E-state index contributed by atoms with van der Waals surface area (Å²) < 4.78 is 4.55. The number of H-pyrrole nitrogens is 1. The molecule has 0 spiro atoms. The van der Waals surface area contributed by atoms with Gasteiger partial charge in [-0.3, -0.25) is 9.78 Å². The number of anilines is 1. The Morgan fingerprint density at radius 2 is 2.18 bits per heavy atom. The van der Waals surface area contributed by atoms with Gasteiger partial charge in [0.05, 0.1) is 12.5 Å². The van der Waals surface area contributed by atoms with Gasteiger partial charge in [-0.15, -0.1) is 0 Å². The van der Waals surface area contributed by atoms with Crippen LogP contribution < -0.4 is 11.3 Å². The van der Waals surface area contributed by atoms with Crippen LogP contribution in [0, 0.1) is 6.92 Å². The number of methoxy groups -OCH3 is 1. The minimum absolute atomic E-state index is 0.0450. The number of aryl methyl sites for hydroxylation is 1. The molecular formula is C10H10N4O3. The van der Waals surface area contributed by atoms with Crippen molar-refractivity contribution in [1.82, 2.24) is 15.0 Å². The minimum atomic E-state index is -0.587. The van der Waals surface area contributed by atoms with Crippen LogP contribution in [0.15, 0.2) is 10.9 Å². The third-order valence-electron chi connectivity index (χ3n) is 2.29. The van der Waals surface area contributed by atoms with Crippen molar-refractivity contribution in [3.8, 4) is 0 Å². The van der Waals surface area contributed by atoms with E-state index in [1.807, 2.05) is 0 Å². The van der Waals surface area contributed by atoms with Gasteiger partial charge in [-0.05, 0) is 18.6 Å². The highest BCUT2D eigenvalue weighted by molar-refractivity contribution is 5.91. The largest absolute Gasteiger partial charge is 0.464 e. The molecule has 0 fully saturated rings. The van der Waals surface area contributed by atoms with Crippen LogP contribution in [-0.2, 0) is 4.74 Å². The standard InChI is InChI=1S/C10H10N4O3/c1-4-3-5(9(16)17-2)12-7-6(4)8(15)14-10(11)13-7/h3H,1-2H3,(H3,11,12,13,14,15). The third kappa shape index (κ3) is 1.82. The molecule has 0 aliphatic carbocycles. The second-order valence-corrected chi connectivity index (χ2v) is 3.47. The van der Waals surface area contributed by atoms with Crippen molar-refractivity contribution in [1.29, 1.82) is 0 Å². The van der Waals surface area contributed by atoms with E-state index in [-0.39, 0.29) is 22.8 Å².